The largest absolute Gasteiger partial charge is 0.447 e. The number of hydrogen-bond donors (Lipinski definition) is 1. The quantitative estimate of drug-likeness (QED) is 0.674. The van der Waals surface area contributed by atoms with E-state index in [2.05, 4.69) is 13.8 Å². The fourth-order valence-corrected chi connectivity index (χ4v) is 8.16. The minimum atomic E-state index is -1.29. The number of esters is 1. The normalized spacial score (nSPS) is 39.7. The Labute approximate surface area is 195 Å². The topological polar surface area (TPSA) is 80.7 Å². The summed E-state index contributed by atoms with van der Waals surface area (Å²) in [6.45, 7) is 3.83. The summed E-state index contributed by atoms with van der Waals surface area (Å²) < 4.78 is 6.13. The highest BCUT2D eigenvalue weighted by Crippen LogP contribution is 2.68. The molecule has 0 heterocycles. The van der Waals surface area contributed by atoms with Gasteiger partial charge >= 0.3 is 5.97 Å². The van der Waals surface area contributed by atoms with Gasteiger partial charge in [-0.15, -0.1) is 0 Å². The summed E-state index contributed by atoms with van der Waals surface area (Å²) in [5.74, 6) is 0.555. The molecule has 4 aliphatic rings. The van der Waals surface area contributed by atoms with Gasteiger partial charge in [0.15, 0.2) is 11.4 Å². The number of ether oxygens (including phenoxy) is 1. The van der Waals surface area contributed by atoms with Crippen LogP contribution in [0.2, 0.25) is 0 Å². The number of carbonyl (C=O) groups is 3. The lowest BCUT2D eigenvalue weighted by Gasteiger charge is -2.59. The zero-order chi connectivity index (χ0) is 23.4. The molecule has 0 amide bonds. The van der Waals surface area contributed by atoms with Crippen molar-refractivity contribution in [3.05, 3.63) is 47.5 Å². The average molecular weight is 451 g/mol. The van der Waals surface area contributed by atoms with E-state index >= 15 is 0 Å². The van der Waals surface area contributed by atoms with E-state index in [0.717, 1.165) is 38.5 Å². The smallest absolute Gasteiger partial charge is 0.339 e. The number of carbonyl (C=O) groups excluding carboxylic acids is 3. The number of aliphatic hydroxyl groups excluding tert-OH is 1. The van der Waals surface area contributed by atoms with Crippen LogP contribution < -0.4 is 0 Å². The molecule has 0 aromatic heterocycles. The van der Waals surface area contributed by atoms with Crippen molar-refractivity contribution in [1.82, 2.24) is 0 Å². The molecule has 3 unspecified atom stereocenters. The molecule has 5 heteroatoms. The molecule has 5 nitrogen and oxygen atoms in total. The molecule has 5 rings (SSSR count). The van der Waals surface area contributed by atoms with Gasteiger partial charge in [0.2, 0.25) is 5.78 Å². The van der Waals surface area contributed by atoms with Gasteiger partial charge in [-0.05, 0) is 86.3 Å². The van der Waals surface area contributed by atoms with Crippen molar-refractivity contribution in [2.24, 2.45) is 28.6 Å². The van der Waals surface area contributed by atoms with E-state index in [-0.39, 0.29) is 22.9 Å². The summed E-state index contributed by atoms with van der Waals surface area (Å²) in [5, 5.41) is 9.92. The maximum absolute atomic E-state index is 13.3. The van der Waals surface area contributed by atoms with Crippen molar-refractivity contribution < 1.29 is 24.2 Å². The van der Waals surface area contributed by atoms with Crippen LogP contribution in [0.3, 0.4) is 0 Å². The van der Waals surface area contributed by atoms with E-state index in [0.29, 0.717) is 30.2 Å². The number of ketones is 2. The third-order valence-corrected chi connectivity index (χ3v) is 9.95. The number of benzene rings is 1. The second-order valence-electron chi connectivity index (χ2n) is 11.1. The summed E-state index contributed by atoms with van der Waals surface area (Å²) in [6, 6.07) is 8.80. The molecule has 0 radical (unpaired) electrons. The van der Waals surface area contributed by atoms with Gasteiger partial charge in [0.25, 0.3) is 0 Å². The van der Waals surface area contributed by atoms with Crippen LogP contribution in [0.5, 0.6) is 0 Å². The van der Waals surface area contributed by atoms with Crippen molar-refractivity contribution in [1.29, 1.82) is 0 Å². The van der Waals surface area contributed by atoms with Crippen LogP contribution in [0, 0.1) is 28.6 Å². The third kappa shape index (κ3) is 3.18. The molecule has 176 valence electrons. The minimum Gasteiger partial charge on any atom is -0.447 e. The molecule has 0 spiro atoms. The van der Waals surface area contributed by atoms with Crippen LogP contribution in [-0.2, 0) is 14.3 Å². The molecule has 4 aliphatic carbocycles. The van der Waals surface area contributed by atoms with E-state index in [1.54, 1.807) is 24.3 Å². The molecule has 0 bridgehead atoms. The maximum atomic E-state index is 13.3. The first-order chi connectivity index (χ1) is 15.7. The van der Waals surface area contributed by atoms with E-state index in [1.807, 2.05) is 12.1 Å². The molecule has 1 aromatic carbocycles. The molecule has 3 fully saturated rings. The maximum Gasteiger partial charge on any atom is 0.339 e. The number of allylic oxidation sites excluding steroid dienone is 1. The Kier molecular flexibility index (Phi) is 5.39. The Hall–Kier alpha value is -2.27. The van der Waals surface area contributed by atoms with Crippen LogP contribution in [0.15, 0.2) is 42.0 Å². The van der Waals surface area contributed by atoms with Crippen LogP contribution in [0.25, 0.3) is 0 Å². The summed E-state index contributed by atoms with van der Waals surface area (Å²) in [4.78, 5) is 38.5. The lowest BCUT2D eigenvalue weighted by molar-refractivity contribution is -0.166. The fraction of sp³-hybridized carbons (Fsp3) is 0.607. The SMILES string of the molecule is C[C@]12CCC(=O)C=C1CCC1C2CC[C@@]2(C)C1CC[C@]2(OC(=O)c1ccccc1)C(=O)CO. The van der Waals surface area contributed by atoms with Crippen molar-refractivity contribution in [3.63, 3.8) is 0 Å². The summed E-state index contributed by atoms with van der Waals surface area (Å²) >= 11 is 0. The highest BCUT2D eigenvalue weighted by molar-refractivity contribution is 5.96. The molecular weight excluding hydrogens is 416 g/mol. The zero-order valence-electron chi connectivity index (χ0n) is 19.6. The molecule has 33 heavy (non-hydrogen) atoms. The fourth-order valence-electron chi connectivity index (χ4n) is 8.16. The molecule has 6 atom stereocenters. The molecule has 1 N–H and O–H groups in total. The van der Waals surface area contributed by atoms with Gasteiger partial charge < -0.3 is 9.84 Å². The Morgan fingerprint density at radius 3 is 2.45 bits per heavy atom. The lowest BCUT2D eigenvalue weighted by Crippen LogP contribution is -2.59. The highest BCUT2D eigenvalue weighted by Gasteiger charge is 2.68. The van der Waals surface area contributed by atoms with Gasteiger partial charge in [0, 0.05) is 11.8 Å². The minimum absolute atomic E-state index is 0.0467. The highest BCUT2D eigenvalue weighted by atomic mass is 16.6. The first kappa shape index (κ1) is 22.5. The molecule has 1 aromatic rings. The number of Topliss-reactive ketones (excluding diaryl/α,β-unsaturated/α-hetero) is 1. The molecule has 0 aliphatic heterocycles. The third-order valence-electron chi connectivity index (χ3n) is 9.95. The first-order valence-electron chi connectivity index (χ1n) is 12.4. The number of rotatable bonds is 4. The van der Waals surface area contributed by atoms with Crippen molar-refractivity contribution in [3.8, 4) is 0 Å². The van der Waals surface area contributed by atoms with Crippen molar-refractivity contribution >= 4 is 17.5 Å². The second-order valence-corrected chi connectivity index (χ2v) is 11.1. The van der Waals surface area contributed by atoms with E-state index in [4.69, 9.17) is 4.74 Å². The summed E-state index contributed by atoms with van der Waals surface area (Å²) in [6.07, 6.45) is 8.39. The number of fused-ring (bicyclic) bond motifs is 5. The Morgan fingerprint density at radius 2 is 1.73 bits per heavy atom. The van der Waals surface area contributed by atoms with Crippen molar-refractivity contribution in [2.75, 3.05) is 6.61 Å². The van der Waals surface area contributed by atoms with Crippen LogP contribution >= 0.6 is 0 Å². The molecular formula is C28H34O5. The van der Waals surface area contributed by atoms with Gasteiger partial charge in [0.05, 0.1) is 5.56 Å². The predicted molar refractivity (Wildman–Crippen MR) is 123 cm³/mol. The molecule has 3 saturated carbocycles. The second kappa shape index (κ2) is 7.90. The van der Waals surface area contributed by atoms with E-state index < -0.39 is 23.6 Å². The van der Waals surface area contributed by atoms with Crippen LogP contribution in [0.4, 0.5) is 0 Å². The van der Waals surface area contributed by atoms with Gasteiger partial charge in [-0.25, -0.2) is 4.79 Å². The monoisotopic (exact) mass is 450 g/mol. The molecule has 0 saturated heterocycles. The van der Waals surface area contributed by atoms with Gasteiger partial charge in [-0.2, -0.15) is 0 Å². The van der Waals surface area contributed by atoms with Gasteiger partial charge in [0.1, 0.15) is 6.61 Å². The Morgan fingerprint density at radius 1 is 1.00 bits per heavy atom. The lowest BCUT2D eigenvalue weighted by atomic mass is 9.46. The van der Waals surface area contributed by atoms with E-state index in [9.17, 15) is 19.5 Å². The standard InChI is InChI=1S/C28H34O5/c1-26-13-10-20(30)16-19(26)8-9-21-22(26)11-14-27(2)23(21)12-15-28(27,24(31)17-29)33-25(32)18-6-4-3-5-7-18/h3-7,16,21-23,29H,8-15,17H2,1-2H3/t21?,22?,23?,26-,27-,28-/m0/s1. The Balaban J connectivity index is 1.49. The summed E-state index contributed by atoms with van der Waals surface area (Å²) in [5.41, 5.74) is 0.000107. The average Bonchev–Trinajstić information content (AvgIpc) is 3.12. The van der Waals surface area contributed by atoms with E-state index in [1.165, 1.54) is 5.57 Å². The first-order valence-corrected chi connectivity index (χ1v) is 12.4. The van der Waals surface area contributed by atoms with Gasteiger partial charge in [-0.1, -0.05) is 37.6 Å². The number of aliphatic hydroxyl groups is 1. The predicted octanol–water partition coefficient (Wildman–Crippen LogP) is 4.68. The van der Waals surface area contributed by atoms with Crippen LogP contribution in [-0.4, -0.2) is 34.9 Å². The number of hydrogen-bond acceptors (Lipinski definition) is 5. The summed E-state index contributed by atoms with van der Waals surface area (Å²) in [7, 11) is 0. The van der Waals surface area contributed by atoms with Crippen LogP contribution in [0.1, 0.15) is 75.6 Å². The zero-order valence-corrected chi connectivity index (χ0v) is 19.6. The van der Waals surface area contributed by atoms with Gasteiger partial charge in [-0.3, -0.25) is 9.59 Å². The van der Waals surface area contributed by atoms with Crippen molar-refractivity contribution in [2.45, 2.75) is 70.8 Å². The Bertz CT molecular complexity index is 1010.